The average molecular weight is 663 g/mol. The van der Waals surface area contributed by atoms with Crippen LogP contribution in [0.2, 0.25) is 0 Å². The van der Waals surface area contributed by atoms with Crippen molar-refractivity contribution in [3.05, 3.63) is 94.5 Å². The molecule has 15 nitrogen and oxygen atoms in total. The first-order valence-electron chi connectivity index (χ1n) is 14.1. The summed E-state index contributed by atoms with van der Waals surface area (Å²) in [6.45, 7) is 1.55. The number of aromatic nitrogens is 2. The molecule has 0 bridgehead atoms. The fourth-order valence-electron chi connectivity index (χ4n) is 4.37. The lowest BCUT2D eigenvalue weighted by Crippen LogP contribution is -2.53. The number of nitrogens with zero attached hydrogens (tertiary/aromatic N) is 2. The van der Waals surface area contributed by atoms with Crippen LogP contribution < -0.4 is 27.3 Å². The molecular weight excluding hydrogens is 626 g/mol. The number of carbonyl (C=O) groups is 2. The van der Waals surface area contributed by atoms with Crippen LogP contribution in [0.5, 0.6) is 0 Å². The zero-order chi connectivity index (χ0) is 33.5. The molecule has 4 rings (SSSR count). The van der Waals surface area contributed by atoms with Crippen LogP contribution in [-0.4, -0.2) is 63.3 Å². The van der Waals surface area contributed by atoms with E-state index >= 15 is 4.39 Å². The normalized spacial score (nSPS) is 22.6. The minimum Gasteiger partial charge on any atom is -0.460 e. The lowest BCUT2D eigenvalue weighted by atomic mass is 10.1. The van der Waals surface area contributed by atoms with E-state index in [2.05, 4.69) is 15.2 Å². The predicted molar refractivity (Wildman–Crippen MR) is 162 cm³/mol. The summed E-state index contributed by atoms with van der Waals surface area (Å²) in [5.74, 6) is -1.75. The summed E-state index contributed by atoms with van der Waals surface area (Å²) >= 11 is 0. The molecule has 17 heteroatoms. The lowest BCUT2D eigenvalue weighted by molar-refractivity contribution is -0.147. The number of hydrogen-bond acceptors (Lipinski definition) is 12. The summed E-state index contributed by atoms with van der Waals surface area (Å²) in [6, 6.07) is 16.3. The quantitative estimate of drug-likeness (QED) is 0.121. The van der Waals surface area contributed by atoms with E-state index in [4.69, 9.17) is 30.2 Å². The number of alkyl halides is 1. The number of anilines is 1. The van der Waals surface area contributed by atoms with Gasteiger partial charge >= 0.3 is 25.3 Å². The Morgan fingerprint density at radius 2 is 1.52 bits per heavy atom. The number of carbonyl (C=O) groups excluding carboxylic acids is 2. The van der Waals surface area contributed by atoms with Crippen LogP contribution in [0.15, 0.2) is 77.7 Å². The second-order valence-electron chi connectivity index (χ2n) is 10.6. The molecule has 1 aliphatic heterocycles. The van der Waals surface area contributed by atoms with Crippen LogP contribution in [0.1, 0.15) is 31.2 Å². The van der Waals surface area contributed by atoms with E-state index in [0.29, 0.717) is 11.1 Å². The number of esters is 2. The zero-order valence-corrected chi connectivity index (χ0v) is 25.9. The molecule has 1 fully saturated rings. The summed E-state index contributed by atoms with van der Waals surface area (Å²) in [7, 11) is -4.49. The molecule has 6 atom stereocenters. The largest absolute Gasteiger partial charge is 0.460 e. The van der Waals surface area contributed by atoms with Crippen LogP contribution >= 0.6 is 7.67 Å². The standard InChI is InChI=1S/C29H36FN6O9P/c1-18(26(38)42-15-20-9-5-3-6-10-20)34-46(41,35-19(2)27(39)43-16-21-11-7-4-8-12-21)44-17-29(32)24(30)23(37)25(45-29)36-14-13-22(31)33-28(36)40/h3-14,18-19,23-25,37H,15-17,32H2,1-2H3,(H2,31,33,40)(H2,34,35,41)/t18-,19-,23+,24-,25+,29+/m0/s1. The lowest BCUT2D eigenvalue weighted by Gasteiger charge is -2.30. The van der Waals surface area contributed by atoms with Crippen LogP contribution in [-0.2, 0) is 46.1 Å². The van der Waals surface area contributed by atoms with Gasteiger partial charge in [-0.1, -0.05) is 60.7 Å². The highest BCUT2D eigenvalue weighted by Crippen LogP contribution is 2.43. The van der Waals surface area contributed by atoms with Gasteiger partial charge in [-0.3, -0.25) is 24.5 Å². The third kappa shape index (κ3) is 8.82. The third-order valence-electron chi connectivity index (χ3n) is 6.88. The van der Waals surface area contributed by atoms with Gasteiger partial charge in [0.25, 0.3) is 0 Å². The van der Waals surface area contributed by atoms with Gasteiger partial charge in [0.1, 0.15) is 43.8 Å². The minimum atomic E-state index is -4.49. The fourth-order valence-corrected chi connectivity index (χ4v) is 6.21. The van der Waals surface area contributed by atoms with Crippen molar-refractivity contribution < 1.29 is 42.4 Å². The van der Waals surface area contributed by atoms with Gasteiger partial charge in [-0.2, -0.15) is 4.98 Å². The molecule has 248 valence electrons. The van der Waals surface area contributed by atoms with E-state index in [0.717, 1.165) is 10.8 Å². The number of aliphatic hydroxyl groups is 1. The Balaban J connectivity index is 1.48. The maximum absolute atomic E-state index is 15.4. The molecule has 3 aromatic rings. The summed E-state index contributed by atoms with van der Waals surface area (Å²) in [5.41, 5.74) is 9.63. The molecule has 1 aliphatic rings. The maximum Gasteiger partial charge on any atom is 0.351 e. The number of hydrogen-bond donors (Lipinski definition) is 5. The van der Waals surface area contributed by atoms with E-state index in [-0.39, 0.29) is 19.0 Å². The predicted octanol–water partition coefficient (Wildman–Crippen LogP) is 1.28. The number of nitrogens with one attached hydrogen (secondary N) is 2. The van der Waals surface area contributed by atoms with Crippen molar-refractivity contribution in [2.45, 2.75) is 63.4 Å². The molecule has 46 heavy (non-hydrogen) atoms. The summed E-state index contributed by atoms with van der Waals surface area (Å²) in [6.07, 6.45) is -4.81. The van der Waals surface area contributed by atoms with E-state index in [1.807, 2.05) is 0 Å². The van der Waals surface area contributed by atoms with Crippen molar-refractivity contribution in [1.29, 1.82) is 0 Å². The molecule has 0 aliphatic carbocycles. The van der Waals surface area contributed by atoms with Crippen LogP contribution in [0.3, 0.4) is 0 Å². The van der Waals surface area contributed by atoms with Crippen molar-refractivity contribution in [2.75, 3.05) is 12.3 Å². The number of benzene rings is 2. The fraction of sp³-hybridized carbons (Fsp3) is 0.379. The Kier molecular flexibility index (Phi) is 11.4. The highest BCUT2D eigenvalue weighted by Gasteiger charge is 2.55. The molecule has 0 radical (unpaired) electrons. The number of nitrogen functional groups attached to an aromatic ring is 1. The molecule has 7 N–H and O–H groups in total. The summed E-state index contributed by atoms with van der Waals surface area (Å²) in [5, 5.41) is 15.5. The first-order chi connectivity index (χ1) is 21.8. The minimum absolute atomic E-state index is 0.0750. The van der Waals surface area contributed by atoms with Crippen molar-refractivity contribution in [3.63, 3.8) is 0 Å². The Morgan fingerprint density at radius 1 is 1.02 bits per heavy atom. The molecule has 0 saturated carbocycles. The number of nitrogens with two attached hydrogens (primary N) is 2. The Labute approximate surface area is 263 Å². The van der Waals surface area contributed by atoms with Gasteiger partial charge in [0.05, 0.1) is 0 Å². The molecule has 1 saturated heterocycles. The van der Waals surface area contributed by atoms with Crippen molar-refractivity contribution >= 4 is 25.4 Å². The first-order valence-corrected chi connectivity index (χ1v) is 15.8. The highest BCUT2D eigenvalue weighted by molar-refractivity contribution is 7.54. The molecule has 1 aromatic heterocycles. The average Bonchev–Trinajstić information content (AvgIpc) is 3.26. The zero-order valence-electron chi connectivity index (χ0n) is 25.0. The van der Waals surface area contributed by atoms with Gasteiger partial charge in [0.2, 0.25) is 0 Å². The summed E-state index contributed by atoms with van der Waals surface area (Å²) in [4.78, 5) is 41.4. The Bertz CT molecular complexity index is 1530. The monoisotopic (exact) mass is 662 g/mol. The van der Waals surface area contributed by atoms with Gasteiger partial charge < -0.3 is 29.6 Å². The van der Waals surface area contributed by atoms with Gasteiger partial charge in [-0.05, 0) is 31.0 Å². The number of rotatable bonds is 14. The van der Waals surface area contributed by atoms with Crippen molar-refractivity contribution in [3.8, 4) is 0 Å². The van der Waals surface area contributed by atoms with Gasteiger partial charge in [-0.25, -0.2) is 19.4 Å². The van der Waals surface area contributed by atoms with E-state index < -0.39 is 68.2 Å². The molecule has 2 aromatic carbocycles. The highest BCUT2D eigenvalue weighted by atomic mass is 31.2. The van der Waals surface area contributed by atoms with E-state index in [1.165, 1.54) is 19.9 Å². The molecule has 0 spiro atoms. The first kappa shape index (κ1) is 34.8. The van der Waals surface area contributed by atoms with E-state index in [9.17, 15) is 24.1 Å². The van der Waals surface area contributed by atoms with Crippen LogP contribution in [0.4, 0.5) is 10.2 Å². The van der Waals surface area contributed by atoms with Gasteiger partial charge in [-0.15, -0.1) is 0 Å². The Morgan fingerprint density at radius 3 is 2.00 bits per heavy atom. The molecule has 0 unspecified atom stereocenters. The summed E-state index contributed by atoms with van der Waals surface area (Å²) < 4.78 is 51.9. The van der Waals surface area contributed by atoms with Crippen molar-refractivity contribution in [2.24, 2.45) is 5.73 Å². The second kappa shape index (κ2) is 15.0. The van der Waals surface area contributed by atoms with Gasteiger partial charge in [0.15, 0.2) is 18.1 Å². The number of aliphatic hydroxyl groups excluding tert-OH is 1. The molecule has 2 heterocycles. The van der Waals surface area contributed by atoms with Crippen LogP contribution in [0.25, 0.3) is 0 Å². The third-order valence-corrected chi connectivity index (χ3v) is 8.83. The maximum atomic E-state index is 15.4. The number of halogens is 1. The van der Waals surface area contributed by atoms with E-state index in [1.54, 1.807) is 60.7 Å². The molecule has 0 amide bonds. The Hall–Kier alpha value is -4.02. The smallest absolute Gasteiger partial charge is 0.351 e. The topological polar surface area (TPSA) is 219 Å². The second-order valence-corrected chi connectivity index (χ2v) is 12.5. The SMILES string of the molecule is C[C@H](NP(=O)(N[C@@H](C)C(=O)OCc1ccccc1)OC[C@@]1(N)O[C@@H](n2ccc(N)nc2=O)[C@H](O)[C@@H]1F)C(=O)OCc1ccccc1. The number of ether oxygens (including phenoxy) is 3. The molecular formula is C29H36FN6O9P. The van der Waals surface area contributed by atoms with Crippen LogP contribution in [0, 0.1) is 0 Å². The van der Waals surface area contributed by atoms with Gasteiger partial charge in [0, 0.05) is 6.20 Å². The van der Waals surface area contributed by atoms with Crippen molar-refractivity contribution in [1.82, 2.24) is 19.7 Å².